The largest absolute Gasteiger partial charge is 0.504 e. The molecule has 0 aliphatic heterocycles. The molecule has 5 heteroatoms. The molecule has 0 heterocycles. The van der Waals surface area contributed by atoms with Gasteiger partial charge in [-0.25, -0.2) is 0 Å². The van der Waals surface area contributed by atoms with E-state index in [-0.39, 0.29) is 41.7 Å². The molecule has 5 nitrogen and oxygen atoms in total. The summed E-state index contributed by atoms with van der Waals surface area (Å²) in [6, 6.07) is 0. The summed E-state index contributed by atoms with van der Waals surface area (Å²) in [5, 5.41) is 10.9. The Hall–Kier alpha value is -2.17. The number of carbonyl (C=O) groups excluding carboxylic acids is 3. The van der Waals surface area contributed by atoms with Crippen LogP contribution in [-0.2, 0) is 19.1 Å². The van der Waals surface area contributed by atoms with Crippen molar-refractivity contribution in [3.05, 3.63) is 34.6 Å². The molecule has 0 unspecified atom stereocenters. The third kappa shape index (κ3) is 3.67. The minimum absolute atomic E-state index is 0.0140. The molecule has 3 aliphatic carbocycles. The standard InChI is InChI=1S/C25H34O5/c1-14(2)10-19(27)30-13-24(5)8-7-9-25(6)20-16(12-18(26)23(24)25)11-17(15(3)4)21(28)22(20)29/h11-12,14-15,23,29H,7-10,13H2,1-6H3/t23-,24+,25+/m0/s1. The smallest absolute Gasteiger partial charge is 0.306 e. The summed E-state index contributed by atoms with van der Waals surface area (Å²) >= 11 is 0. The van der Waals surface area contributed by atoms with Gasteiger partial charge in [0.25, 0.3) is 0 Å². The lowest BCUT2D eigenvalue weighted by molar-refractivity contribution is -0.155. The number of ketones is 2. The zero-order valence-corrected chi connectivity index (χ0v) is 19.0. The van der Waals surface area contributed by atoms with Crippen LogP contribution in [0.4, 0.5) is 0 Å². The molecule has 0 aromatic carbocycles. The first-order valence-electron chi connectivity index (χ1n) is 11.0. The van der Waals surface area contributed by atoms with Gasteiger partial charge in [0.05, 0.1) is 6.61 Å². The van der Waals surface area contributed by atoms with Crippen molar-refractivity contribution in [3.63, 3.8) is 0 Å². The molecule has 3 aliphatic rings. The number of ether oxygens (including phenoxy) is 1. The Labute approximate surface area is 179 Å². The molecule has 3 atom stereocenters. The third-order valence-corrected chi connectivity index (χ3v) is 7.01. The fourth-order valence-corrected chi connectivity index (χ4v) is 5.71. The van der Waals surface area contributed by atoms with Gasteiger partial charge in [0.1, 0.15) is 0 Å². The molecule has 0 aromatic heterocycles. The van der Waals surface area contributed by atoms with Crippen molar-refractivity contribution in [1.82, 2.24) is 0 Å². The Balaban J connectivity index is 2.01. The fourth-order valence-electron chi connectivity index (χ4n) is 5.71. The van der Waals surface area contributed by atoms with E-state index in [1.165, 1.54) is 0 Å². The topological polar surface area (TPSA) is 80.7 Å². The van der Waals surface area contributed by atoms with Crippen molar-refractivity contribution < 1.29 is 24.2 Å². The van der Waals surface area contributed by atoms with Gasteiger partial charge in [-0.15, -0.1) is 0 Å². The van der Waals surface area contributed by atoms with E-state index in [1.54, 1.807) is 12.2 Å². The lowest BCUT2D eigenvalue weighted by Gasteiger charge is -2.54. The molecular weight excluding hydrogens is 380 g/mol. The molecule has 1 N–H and O–H groups in total. The summed E-state index contributed by atoms with van der Waals surface area (Å²) in [5.41, 5.74) is 0.550. The molecule has 0 amide bonds. The molecule has 0 aromatic rings. The van der Waals surface area contributed by atoms with Crippen LogP contribution in [0, 0.1) is 28.6 Å². The van der Waals surface area contributed by atoms with Crippen LogP contribution in [0.15, 0.2) is 34.6 Å². The second-order valence-corrected chi connectivity index (χ2v) is 10.4. The van der Waals surface area contributed by atoms with Crippen LogP contribution in [0.3, 0.4) is 0 Å². The number of esters is 1. The SMILES string of the molecule is CC(C)CC(=O)OC[C@@]1(C)CCC[C@]2(C)C3=C(O)C(=O)C(C(C)C)=CC3=CC(=O)[C@@H]12. The summed E-state index contributed by atoms with van der Waals surface area (Å²) < 4.78 is 5.60. The quantitative estimate of drug-likeness (QED) is 0.649. The van der Waals surface area contributed by atoms with Crippen LogP contribution in [-0.4, -0.2) is 29.2 Å². The normalized spacial score (nSPS) is 31.4. The molecule has 3 rings (SSSR count). The number of hydrogen-bond acceptors (Lipinski definition) is 5. The Kier molecular flexibility index (Phi) is 5.87. The maximum atomic E-state index is 13.4. The van der Waals surface area contributed by atoms with Gasteiger partial charge in [-0.3, -0.25) is 14.4 Å². The first-order valence-corrected chi connectivity index (χ1v) is 11.0. The maximum absolute atomic E-state index is 13.4. The average Bonchev–Trinajstić information content (AvgIpc) is 2.61. The minimum atomic E-state index is -0.669. The van der Waals surface area contributed by atoms with E-state index >= 15 is 0 Å². The van der Waals surface area contributed by atoms with Crippen LogP contribution < -0.4 is 0 Å². The van der Waals surface area contributed by atoms with E-state index < -0.39 is 16.7 Å². The van der Waals surface area contributed by atoms with Gasteiger partial charge in [-0.05, 0) is 42.4 Å². The average molecular weight is 415 g/mol. The first-order chi connectivity index (χ1) is 13.9. The number of aliphatic hydroxyl groups is 1. The Morgan fingerprint density at radius 1 is 1.17 bits per heavy atom. The number of rotatable bonds is 5. The highest BCUT2D eigenvalue weighted by Crippen LogP contribution is 2.60. The van der Waals surface area contributed by atoms with Crippen LogP contribution in [0.5, 0.6) is 0 Å². The fraction of sp³-hybridized carbons (Fsp3) is 0.640. The summed E-state index contributed by atoms with van der Waals surface area (Å²) in [7, 11) is 0. The first kappa shape index (κ1) is 22.5. The number of hydrogen-bond donors (Lipinski definition) is 1. The zero-order chi connectivity index (χ0) is 22.4. The maximum Gasteiger partial charge on any atom is 0.306 e. The number of aliphatic hydroxyl groups excluding tert-OH is 1. The van der Waals surface area contributed by atoms with Crippen LogP contribution in [0.25, 0.3) is 0 Å². The van der Waals surface area contributed by atoms with E-state index in [1.807, 2.05) is 41.5 Å². The predicted molar refractivity (Wildman–Crippen MR) is 115 cm³/mol. The zero-order valence-electron chi connectivity index (χ0n) is 19.0. The molecule has 0 spiro atoms. The van der Waals surface area contributed by atoms with E-state index in [0.29, 0.717) is 29.6 Å². The molecule has 1 fully saturated rings. The number of allylic oxidation sites excluding steroid dienone is 5. The lowest BCUT2D eigenvalue weighted by Crippen LogP contribution is -2.53. The van der Waals surface area contributed by atoms with Crippen molar-refractivity contribution in [3.8, 4) is 0 Å². The van der Waals surface area contributed by atoms with Gasteiger partial charge in [-0.2, -0.15) is 0 Å². The number of Topliss-reactive ketones (excluding diaryl/α,β-unsaturated/α-hetero) is 1. The van der Waals surface area contributed by atoms with Crippen molar-refractivity contribution >= 4 is 17.5 Å². The van der Waals surface area contributed by atoms with Gasteiger partial charge < -0.3 is 9.84 Å². The van der Waals surface area contributed by atoms with Gasteiger partial charge in [0.2, 0.25) is 5.78 Å². The highest BCUT2D eigenvalue weighted by atomic mass is 16.5. The summed E-state index contributed by atoms with van der Waals surface area (Å²) in [6.45, 7) is 11.9. The Morgan fingerprint density at radius 3 is 2.43 bits per heavy atom. The van der Waals surface area contributed by atoms with Crippen molar-refractivity contribution in [1.29, 1.82) is 0 Å². The van der Waals surface area contributed by atoms with Crippen molar-refractivity contribution in [2.45, 2.75) is 67.2 Å². The molecule has 0 radical (unpaired) electrons. The predicted octanol–water partition coefficient (Wildman–Crippen LogP) is 4.87. The van der Waals surface area contributed by atoms with Crippen LogP contribution >= 0.6 is 0 Å². The highest BCUT2D eigenvalue weighted by Gasteiger charge is 2.58. The summed E-state index contributed by atoms with van der Waals surface area (Å²) in [6.07, 6.45) is 5.99. The van der Waals surface area contributed by atoms with Crippen molar-refractivity contribution in [2.24, 2.45) is 28.6 Å². The summed E-state index contributed by atoms with van der Waals surface area (Å²) in [4.78, 5) is 38.4. The molecule has 0 saturated heterocycles. The van der Waals surface area contributed by atoms with Gasteiger partial charge in [0.15, 0.2) is 11.5 Å². The lowest BCUT2D eigenvalue weighted by atomic mass is 9.49. The Bertz CT molecular complexity index is 872. The Morgan fingerprint density at radius 2 is 1.83 bits per heavy atom. The van der Waals surface area contributed by atoms with Gasteiger partial charge in [0, 0.05) is 34.3 Å². The van der Waals surface area contributed by atoms with Crippen molar-refractivity contribution in [2.75, 3.05) is 6.61 Å². The molecule has 1 saturated carbocycles. The highest BCUT2D eigenvalue weighted by molar-refractivity contribution is 6.11. The molecular formula is C25H34O5. The number of carbonyl (C=O) groups is 3. The van der Waals surface area contributed by atoms with E-state index in [2.05, 4.69) is 0 Å². The molecule has 30 heavy (non-hydrogen) atoms. The van der Waals surface area contributed by atoms with E-state index in [9.17, 15) is 19.5 Å². The monoisotopic (exact) mass is 414 g/mol. The molecule has 0 bridgehead atoms. The van der Waals surface area contributed by atoms with Crippen LogP contribution in [0.2, 0.25) is 0 Å². The summed E-state index contributed by atoms with van der Waals surface area (Å²) in [5.74, 6) is -1.12. The second-order valence-electron chi connectivity index (χ2n) is 10.4. The second kappa shape index (κ2) is 7.82. The third-order valence-electron chi connectivity index (χ3n) is 7.01. The van der Waals surface area contributed by atoms with Gasteiger partial charge in [-0.1, -0.05) is 48.0 Å². The van der Waals surface area contributed by atoms with Gasteiger partial charge >= 0.3 is 5.97 Å². The van der Waals surface area contributed by atoms with E-state index in [4.69, 9.17) is 4.74 Å². The van der Waals surface area contributed by atoms with E-state index in [0.717, 1.165) is 12.8 Å². The molecule has 164 valence electrons. The minimum Gasteiger partial charge on any atom is -0.504 e. The number of fused-ring (bicyclic) bond motifs is 3. The van der Waals surface area contributed by atoms with Crippen LogP contribution in [0.1, 0.15) is 67.2 Å².